The van der Waals surface area contributed by atoms with Crippen LogP contribution in [-0.2, 0) is 0 Å². The number of benzene rings is 1. The number of hydrogen-bond donors (Lipinski definition) is 2. The summed E-state index contributed by atoms with van der Waals surface area (Å²) in [7, 11) is 0. The summed E-state index contributed by atoms with van der Waals surface area (Å²) in [6, 6.07) is 4.42. The van der Waals surface area contributed by atoms with Gasteiger partial charge in [0.1, 0.15) is 11.3 Å². The Balaban J connectivity index is 2.38. The van der Waals surface area contributed by atoms with E-state index < -0.39 is 5.97 Å². The second kappa shape index (κ2) is 5.30. The quantitative estimate of drug-likeness (QED) is 0.881. The Morgan fingerprint density at radius 3 is 2.74 bits per heavy atom. The molecule has 0 radical (unpaired) electrons. The van der Waals surface area contributed by atoms with Crippen molar-refractivity contribution < 1.29 is 15.0 Å². The Morgan fingerprint density at radius 1 is 1.32 bits per heavy atom. The van der Waals surface area contributed by atoms with E-state index in [0.717, 1.165) is 5.57 Å². The Hall–Kier alpha value is -2.69. The number of carboxylic acids is 1. The molecule has 0 spiro atoms. The fourth-order valence-corrected chi connectivity index (χ4v) is 1.64. The lowest BCUT2D eigenvalue weighted by atomic mass is 10.1. The average molecular weight is 256 g/mol. The van der Waals surface area contributed by atoms with Gasteiger partial charge in [-0.1, -0.05) is 6.07 Å². The predicted molar refractivity (Wildman–Crippen MR) is 70.6 cm³/mol. The van der Waals surface area contributed by atoms with Gasteiger partial charge in [-0.25, -0.2) is 4.79 Å². The highest BCUT2D eigenvalue weighted by atomic mass is 16.4. The summed E-state index contributed by atoms with van der Waals surface area (Å²) in [6.45, 7) is 1.86. The highest BCUT2D eigenvalue weighted by Gasteiger charge is 2.09. The maximum Gasteiger partial charge on any atom is 0.339 e. The molecule has 1 aromatic carbocycles. The lowest BCUT2D eigenvalue weighted by molar-refractivity contribution is 0.0693. The largest absolute Gasteiger partial charge is 0.507 e. The van der Waals surface area contributed by atoms with Crippen molar-refractivity contribution in [3.05, 3.63) is 53.6 Å². The first-order chi connectivity index (χ1) is 9.08. The van der Waals surface area contributed by atoms with E-state index in [1.165, 1.54) is 12.1 Å². The number of aromatic nitrogens is 2. The molecule has 2 rings (SSSR count). The zero-order valence-corrected chi connectivity index (χ0v) is 10.2. The van der Waals surface area contributed by atoms with E-state index in [1.807, 2.05) is 6.92 Å². The van der Waals surface area contributed by atoms with Crippen LogP contribution < -0.4 is 0 Å². The number of nitrogens with zero attached hydrogens (tertiary/aromatic N) is 2. The number of carboxylic acid groups (broad SMARTS) is 1. The third-order valence-electron chi connectivity index (χ3n) is 2.60. The summed E-state index contributed by atoms with van der Waals surface area (Å²) < 4.78 is 0. The Bertz CT molecular complexity index is 636. The molecule has 0 bridgehead atoms. The van der Waals surface area contributed by atoms with E-state index in [0.29, 0.717) is 11.3 Å². The van der Waals surface area contributed by atoms with E-state index in [4.69, 9.17) is 5.11 Å². The molecule has 0 saturated carbocycles. The number of aromatic carboxylic acids is 1. The molecule has 1 heterocycles. The van der Waals surface area contributed by atoms with Gasteiger partial charge in [-0.2, -0.15) is 0 Å². The zero-order valence-electron chi connectivity index (χ0n) is 10.2. The van der Waals surface area contributed by atoms with Crippen molar-refractivity contribution in [2.24, 2.45) is 0 Å². The van der Waals surface area contributed by atoms with E-state index in [2.05, 4.69) is 9.97 Å². The van der Waals surface area contributed by atoms with Crippen LogP contribution in [0.1, 0.15) is 28.5 Å². The van der Waals surface area contributed by atoms with Crippen molar-refractivity contribution in [3.8, 4) is 5.75 Å². The van der Waals surface area contributed by atoms with Gasteiger partial charge in [-0.3, -0.25) is 9.97 Å². The number of phenols is 1. The van der Waals surface area contributed by atoms with Gasteiger partial charge >= 0.3 is 5.97 Å². The minimum atomic E-state index is -1.16. The summed E-state index contributed by atoms with van der Waals surface area (Å²) >= 11 is 0. The van der Waals surface area contributed by atoms with Gasteiger partial charge < -0.3 is 10.2 Å². The van der Waals surface area contributed by atoms with Gasteiger partial charge in [-0.15, -0.1) is 0 Å². The fourth-order valence-electron chi connectivity index (χ4n) is 1.64. The molecule has 0 aliphatic heterocycles. The Morgan fingerprint density at radius 2 is 2.11 bits per heavy atom. The van der Waals surface area contributed by atoms with Gasteiger partial charge in [0.25, 0.3) is 0 Å². The Labute approximate surface area is 109 Å². The molecule has 2 N–H and O–H groups in total. The summed E-state index contributed by atoms with van der Waals surface area (Å²) in [5.41, 5.74) is 2.13. The first-order valence-electron chi connectivity index (χ1n) is 5.59. The zero-order chi connectivity index (χ0) is 13.8. The van der Waals surface area contributed by atoms with Crippen LogP contribution in [-0.4, -0.2) is 26.2 Å². The van der Waals surface area contributed by atoms with E-state index >= 15 is 0 Å². The Kier molecular flexibility index (Phi) is 3.56. The van der Waals surface area contributed by atoms with Gasteiger partial charge in [0.05, 0.1) is 11.9 Å². The van der Waals surface area contributed by atoms with Gasteiger partial charge in [0.2, 0.25) is 0 Å². The molecule has 0 aliphatic carbocycles. The predicted octanol–water partition coefficient (Wildman–Crippen LogP) is 2.44. The lowest BCUT2D eigenvalue weighted by Crippen LogP contribution is -1.97. The number of rotatable bonds is 3. The van der Waals surface area contributed by atoms with E-state index in [9.17, 15) is 9.90 Å². The van der Waals surface area contributed by atoms with Crippen LogP contribution in [0.15, 0.2) is 36.8 Å². The molecule has 0 atom stereocenters. The van der Waals surface area contributed by atoms with Crippen molar-refractivity contribution in [1.29, 1.82) is 0 Å². The van der Waals surface area contributed by atoms with Gasteiger partial charge in [-0.05, 0) is 36.3 Å². The van der Waals surface area contributed by atoms with Gasteiger partial charge in [0.15, 0.2) is 0 Å². The van der Waals surface area contributed by atoms with Crippen LogP contribution >= 0.6 is 0 Å². The topological polar surface area (TPSA) is 83.3 Å². The highest BCUT2D eigenvalue weighted by molar-refractivity contribution is 5.92. The number of hydrogen-bond acceptors (Lipinski definition) is 4. The van der Waals surface area contributed by atoms with Crippen LogP contribution in [0.5, 0.6) is 5.75 Å². The number of allylic oxidation sites excluding steroid dienone is 1. The van der Waals surface area contributed by atoms with Crippen LogP contribution in [0.2, 0.25) is 0 Å². The van der Waals surface area contributed by atoms with Crippen LogP contribution in [0, 0.1) is 0 Å². The fraction of sp³-hybridized carbons (Fsp3) is 0.0714. The molecular formula is C14H12N2O3. The maximum absolute atomic E-state index is 10.9. The summed E-state index contributed by atoms with van der Waals surface area (Å²) in [5, 5.41) is 18.4. The van der Waals surface area contributed by atoms with E-state index in [1.54, 1.807) is 30.7 Å². The molecule has 0 fully saturated rings. The first kappa shape index (κ1) is 12.8. The SMILES string of the molecule is C/C(=C/c1ccc(O)c(C(=O)O)c1)c1cnccn1. The standard InChI is InChI=1S/C14H12N2O3/c1-9(12-8-15-4-5-16-12)6-10-2-3-13(17)11(7-10)14(18)19/h2-8,17H,1H3,(H,18,19)/b9-6-. The monoisotopic (exact) mass is 256 g/mol. The molecule has 5 nitrogen and oxygen atoms in total. The minimum absolute atomic E-state index is 0.124. The molecule has 0 saturated heterocycles. The average Bonchev–Trinajstić information content (AvgIpc) is 2.41. The second-order valence-corrected chi connectivity index (χ2v) is 4.00. The summed E-state index contributed by atoms with van der Waals surface area (Å²) in [6.07, 6.45) is 6.59. The molecule has 0 aliphatic rings. The molecule has 1 aromatic heterocycles. The summed E-state index contributed by atoms with van der Waals surface area (Å²) in [4.78, 5) is 19.0. The molecule has 19 heavy (non-hydrogen) atoms. The smallest absolute Gasteiger partial charge is 0.339 e. The van der Waals surface area contributed by atoms with Crippen molar-refractivity contribution in [1.82, 2.24) is 9.97 Å². The normalized spacial score (nSPS) is 11.3. The van der Waals surface area contributed by atoms with Crippen molar-refractivity contribution in [2.45, 2.75) is 6.92 Å². The molecule has 0 unspecified atom stereocenters. The van der Waals surface area contributed by atoms with Crippen LogP contribution in [0.4, 0.5) is 0 Å². The van der Waals surface area contributed by atoms with Crippen molar-refractivity contribution in [2.75, 3.05) is 0 Å². The molecule has 0 amide bonds. The van der Waals surface area contributed by atoms with Crippen LogP contribution in [0.25, 0.3) is 11.6 Å². The first-order valence-corrected chi connectivity index (χ1v) is 5.59. The van der Waals surface area contributed by atoms with Gasteiger partial charge in [0, 0.05) is 12.4 Å². The maximum atomic E-state index is 10.9. The van der Waals surface area contributed by atoms with Crippen molar-refractivity contribution in [3.63, 3.8) is 0 Å². The number of aromatic hydroxyl groups is 1. The van der Waals surface area contributed by atoms with E-state index in [-0.39, 0.29) is 11.3 Å². The number of carbonyl (C=O) groups is 1. The lowest BCUT2D eigenvalue weighted by Gasteiger charge is -2.03. The highest BCUT2D eigenvalue weighted by Crippen LogP contribution is 2.21. The van der Waals surface area contributed by atoms with Crippen molar-refractivity contribution >= 4 is 17.6 Å². The molecule has 96 valence electrons. The molecular weight excluding hydrogens is 244 g/mol. The summed E-state index contributed by atoms with van der Waals surface area (Å²) in [5.74, 6) is -1.41. The second-order valence-electron chi connectivity index (χ2n) is 4.00. The third kappa shape index (κ3) is 2.95. The third-order valence-corrected chi connectivity index (χ3v) is 2.60. The minimum Gasteiger partial charge on any atom is -0.507 e. The molecule has 2 aromatic rings. The molecule has 5 heteroatoms. The van der Waals surface area contributed by atoms with Crippen LogP contribution in [0.3, 0.4) is 0 Å².